The third-order valence-electron chi connectivity index (χ3n) is 2.62. The molecule has 94 valence electrons. The lowest BCUT2D eigenvalue weighted by Gasteiger charge is -2.33. The van der Waals surface area contributed by atoms with Crippen molar-refractivity contribution in [1.29, 1.82) is 10.5 Å². The van der Waals surface area contributed by atoms with Gasteiger partial charge in [0.25, 0.3) is 0 Å². The van der Waals surface area contributed by atoms with E-state index in [0.717, 1.165) is 5.69 Å². The smallest absolute Gasteiger partial charge is 0.128 e. The predicted octanol–water partition coefficient (Wildman–Crippen LogP) is 2.68. The number of para-hydroxylation sites is 1. The van der Waals surface area contributed by atoms with Crippen molar-refractivity contribution in [3.05, 3.63) is 30.3 Å². The van der Waals surface area contributed by atoms with Crippen molar-refractivity contribution in [3.8, 4) is 12.1 Å². The van der Waals surface area contributed by atoms with E-state index < -0.39 is 0 Å². The molecule has 2 unspecified atom stereocenters. The standard InChI is InChI=1S/C14H17N3O/c1-12(11-16)17(13(2)18-10-6-9-15)14-7-4-3-5-8-14/h3-5,7-8,12-13H,6,10H2,1-2H3. The number of benzene rings is 1. The third-order valence-corrected chi connectivity index (χ3v) is 2.62. The Hall–Kier alpha value is -2.04. The van der Waals surface area contributed by atoms with Crippen LogP contribution in [0.3, 0.4) is 0 Å². The molecule has 0 aromatic heterocycles. The van der Waals surface area contributed by atoms with Gasteiger partial charge in [-0.3, -0.25) is 0 Å². The van der Waals surface area contributed by atoms with E-state index in [1.54, 1.807) is 0 Å². The fourth-order valence-corrected chi connectivity index (χ4v) is 1.77. The maximum Gasteiger partial charge on any atom is 0.128 e. The van der Waals surface area contributed by atoms with E-state index in [1.807, 2.05) is 55.1 Å². The van der Waals surface area contributed by atoms with Crippen LogP contribution in [0, 0.1) is 22.7 Å². The van der Waals surface area contributed by atoms with E-state index in [9.17, 15) is 0 Å². The minimum Gasteiger partial charge on any atom is -0.358 e. The molecule has 0 radical (unpaired) electrons. The largest absolute Gasteiger partial charge is 0.358 e. The molecule has 2 atom stereocenters. The Balaban J connectivity index is 2.80. The Morgan fingerprint density at radius 2 is 1.89 bits per heavy atom. The van der Waals surface area contributed by atoms with Crippen LogP contribution in [-0.2, 0) is 4.74 Å². The Morgan fingerprint density at radius 3 is 2.44 bits per heavy atom. The summed E-state index contributed by atoms with van der Waals surface area (Å²) >= 11 is 0. The molecule has 4 heteroatoms. The minimum atomic E-state index is -0.288. The van der Waals surface area contributed by atoms with Gasteiger partial charge >= 0.3 is 0 Å². The van der Waals surface area contributed by atoms with Crippen LogP contribution in [0.1, 0.15) is 20.3 Å². The number of nitrogens with zero attached hydrogens (tertiary/aromatic N) is 3. The average molecular weight is 243 g/mol. The van der Waals surface area contributed by atoms with E-state index in [-0.39, 0.29) is 12.3 Å². The summed E-state index contributed by atoms with van der Waals surface area (Å²) in [5.74, 6) is 0. The van der Waals surface area contributed by atoms with Gasteiger partial charge in [0.2, 0.25) is 0 Å². The molecule has 1 aromatic carbocycles. The lowest BCUT2D eigenvalue weighted by molar-refractivity contribution is 0.0651. The summed E-state index contributed by atoms with van der Waals surface area (Å²) in [5, 5.41) is 17.6. The summed E-state index contributed by atoms with van der Waals surface area (Å²) in [7, 11) is 0. The molecule has 0 bridgehead atoms. The van der Waals surface area contributed by atoms with Crippen molar-refractivity contribution >= 4 is 5.69 Å². The zero-order chi connectivity index (χ0) is 13.4. The van der Waals surface area contributed by atoms with Crippen molar-refractivity contribution in [2.24, 2.45) is 0 Å². The summed E-state index contributed by atoms with van der Waals surface area (Å²) in [6.07, 6.45) is 0.115. The Kier molecular flexibility index (Phi) is 5.70. The van der Waals surface area contributed by atoms with Gasteiger partial charge in [0.05, 0.1) is 25.2 Å². The molecule has 0 N–H and O–H groups in total. The molecule has 0 fully saturated rings. The number of anilines is 1. The molecular weight excluding hydrogens is 226 g/mol. The molecule has 0 saturated carbocycles. The fraction of sp³-hybridized carbons (Fsp3) is 0.429. The number of rotatable bonds is 6. The molecule has 1 aromatic rings. The second-order valence-corrected chi connectivity index (χ2v) is 3.93. The lowest BCUT2D eigenvalue weighted by atomic mass is 10.2. The van der Waals surface area contributed by atoms with Gasteiger partial charge in [-0.05, 0) is 26.0 Å². The Morgan fingerprint density at radius 1 is 1.22 bits per heavy atom. The predicted molar refractivity (Wildman–Crippen MR) is 69.6 cm³/mol. The maximum atomic E-state index is 9.09. The minimum absolute atomic E-state index is 0.240. The lowest BCUT2D eigenvalue weighted by Crippen LogP contribution is -2.41. The van der Waals surface area contributed by atoms with Crippen LogP contribution in [0.4, 0.5) is 5.69 Å². The number of ether oxygens (including phenoxy) is 1. The normalized spacial score (nSPS) is 13.1. The van der Waals surface area contributed by atoms with Crippen molar-refractivity contribution in [1.82, 2.24) is 0 Å². The van der Waals surface area contributed by atoms with Crippen LogP contribution in [0.5, 0.6) is 0 Å². The molecular formula is C14H17N3O. The van der Waals surface area contributed by atoms with Crippen LogP contribution < -0.4 is 4.90 Å². The van der Waals surface area contributed by atoms with Crippen molar-refractivity contribution in [2.45, 2.75) is 32.5 Å². The molecule has 0 aliphatic rings. The van der Waals surface area contributed by atoms with E-state index in [0.29, 0.717) is 13.0 Å². The third kappa shape index (κ3) is 3.76. The molecule has 0 saturated heterocycles. The summed E-state index contributed by atoms with van der Waals surface area (Å²) in [4.78, 5) is 1.90. The molecule has 1 rings (SSSR count). The SMILES string of the molecule is CC(C#N)N(c1ccccc1)C(C)OCCC#N. The molecule has 0 aliphatic heterocycles. The number of hydrogen-bond donors (Lipinski definition) is 0. The molecule has 0 aliphatic carbocycles. The van der Waals surface area contributed by atoms with Crippen molar-refractivity contribution in [3.63, 3.8) is 0 Å². The van der Waals surface area contributed by atoms with Crippen LogP contribution in [0.25, 0.3) is 0 Å². The van der Waals surface area contributed by atoms with Gasteiger partial charge in [-0.2, -0.15) is 10.5 Å². The first-order valence-electron chi connectivity index (χ1n) is 5.92. The van der Waals surface area contributed by atoms with Crippen molar-refractivity contribution in [2.75, 3.05) is 11.5 Å². The van der Waals surface area contributed by atoms with Crippen LogP contribution >= 0.6 is 0 Å². The summed E-state index contributed by atoms with van der Waals surface area (Å²) in [6.45, 7) is 4.09. The van der Waals surface area contributed by atoms with Gasteiger partial charge in [-0.25, -0.2) is 0 Å². The first kappa shape index (κ1) is 14.0. The van der Waals surface area contributed by atoms with E-state index in [4.69, 9.17) is 15.3 Å². The highest BCUT2D eigenvalue weighted by atomic mass is 16.5. The highest BCUT2D eigenvalue weighted by Gasteiger charge is 2.20. The summed E-state index contributed by atoms with van der Waals surface area (Å²) in [5.41, 5.74) is 0.941. The molecule has 4 nitrogen and oxygen atoms in total. The van der Waals surface area contributed by atoms with E-state index >= 15 is 0 Å². The van der Waals surface area contributed by atoms with Crippen LogP contribution in [0.2, 0.25) is 0 Å². The first-order valence-corrected chi connectivity index (χ1v) is 5.92. The topological polar surface area (TPSA) is 60.1 Å². The zero-order valence-electron chi connectivity index (χ0n) is 10.7. The maximum absolute atomic E-state index is 9.09. The second-order valence-electron chi connectivity index (χ2n) is 3.93. The van der Waals surface area contributed by atoms with E-state index in [1.165, 1.54) is 0 Å². The quantitative estimate of drug-likeness (QED) is 0.569. The van der Waals surface area contributed by atoms with Gasteiger partial charge in [0.15, 0.2) is 0 Å². The first-order chi connectivity index (χ1) is 8.70. The summed E-state index contributed by atoms with van der Waals surface area (Å²) < 4.78 is 5.57. The Bertz CT molecular complexity index is 433. The molecule has 0 spiro atoms. The van der Waals surface area contributed by atoms with Gasteiger partial charge in [0.1, 0.15) is 12.3 Å². The van der Waals surface area contributed by atoms with Gasteiger partial charge in [0, 0.05) is 5.69 Å². The highest BCUT2D eigenvalue weighted by Crippen LogP contribution is 2.20. The van der Waals surface area contributed by atoms with Crippen molar-refractivity contribution < 1.29 is 4.74 Å². The van der Waals surface area contributed by atoms with Gasteiger partial charge in [-0.1, -0.05) is 18.2 Å². The molecule has 0 heterocycles. The van der Waals surface area contributed by atoms with Crippen LogP contribution in [0.15, 0.2) is 30.3 Å². The van der Waals surface area contributed by atoms with Gasteiger partial charge < -0.3 is 9.64 Å². The highest BCUT2D eigenvalue weighted by molar-refractivity contribution is 5.48. The van der Waals surface area contributed by atoms with E-state index in [2.05, 4.69) is 6.07 Å². The summed E-state index contributed by atoms with van der Waals surface area (Å²) in [6, 6.07) is 13.6. The number of hydrogen-bond acceptors (Lipinski definition) is 4. The molecule has 0 amide bonds. The Labute approximate surface area is 108 Å². The second kappa shape index (κ2) is 7.32. The molecule has 18 heavy (non-hydrogen) atoms. The monoisotopic (exact) mass is 243 g/mol. The van der Waals surface area contributed by atoms with Gasteiger partial charge in [-0.15, -0.1) is 0 Å². The average Bonchev–Trinajstić information content (AvgIpc) is 2.40. The van der Waals surface area contributed by atoms with Crippen LogP contribution in [-0.4, -0.2) is 18.9 Å². The fourth-order valence-electron chi connectivity index (χ4n) is 1.77. The zero-order valence-corrected chi connectivity index (χ0v) is 10.7. The number of nitriles is 2.